The van der Waals surface area contributed by atoms with E-state index in [2.05, 4.69) is 15.3 Å². The molecule has 0 aliphatic heterocycles. The van der Waals surface area contributed by atoms with Crippen LogP contribution < -0.4 is 0 Å². The topological polar surface area (TPSA) is 43.1 Å². The van der Waals surface area contributed by atoms with Gasteiger partial charge in [0, 0.05) is 4.88 Å². The van der Waals surface area contributed by atoms with Crippen molar-refractivity contribution in [1.82, 2.24) is 19.8 Å². The fraction of sp³-hybridized carbons (Fsp3) is 0. The number of benzene rings is 1. The molecule has 1 aromatic carbocycles. The van der Waals surface area contributed by atoms with E-state index in [1.165, 1.54) is 17.4 Å². The summed E-state index contributed by atoms with van der Waals surface area (Å²) in [7, 11) is 0. The number of rotatable bonds is 3. The lowest BCUT2D eigenvalue weighted by atomic mass is 10.2. The van der Waals surface area contributed by atoms with Crippen LogP contribution in [0.4, 0.5) is 4.39 Å². The van der Waals surface area contributed by atoms with Gasteiger partial charge in [0.1, 0.15) is 10.8 Å². The second kappa shape index (κ2) is 5.43. The number of thiophene rings is 1. The van der Waals surface area contributed by atoms with Crippen molar-refractivity contribution in [2.24, 2.45) is 0 Å². The van der Waals surface area contributed by atoms with Gasteiger partial charge in [0.25, 0.3) is 0 Å². The van der Waals surface area contributed by atoms with Gasteiger partial charge in [0.15, 0.2) is 5.82 Å². The number of nitrogens with zero attached hydrogens (tertiary/aromatic N) is 4. The highest BCUT2D eigenvalue weighted by Gasteiger charge is 2.15. The van der Waals surface area contributed by atoms with Gasteiger partial charge in [-0.15, -0.1) is 21.5 Å². The summed E-state index contributed by atoms with van der Waals surface area (Å²) < 4.78 is 15.5. The molecule has 4 aromatic rings. The Balaban J connectivity index is 1.75. The summed E-state index contributed by atoms with van der Waals surface area (Å²) >= 11 is 3.07. The molecule has 0 fully saturated rings. The molecule has 0 amide bonds. The molecule has 3 heterocycles. The predicted octanol–water partition coefficient (Wildman–Crippen LogP) is 4.22. The van der Waals surface area contributed by atoms with Crippen molar-refractivity contribution in [1.29, 1.82) is 0 Å². The van der Waals surface area contributed by atoms with Crippen molar-refractivity contribution in [2.45, 2.75) is 0 Å². The van der Waals surface area contributed by atoms with Crippen LogP contribution in [0.5, 0.6) is 0 Å². The van der Waals surface area contributed by atoms with Crippen molar-refractivity contribution >= 4 is 39.8 Å². The molecule has 108 valence electrons. The number of hydrogen-bond donors (Lipinski definition) is 0. The van der Waals surface area contributed by atoms with E-state index in [-0.39, 0.29) is 5.82 Å². The minimum Gasteiger partial charge on any atom is -0.206 e. The van der Waals surface area contributed by atoms with Gasteiger partial charge >= 0.3 is 0 Å². The maximum atomic E-state index is 13.9. The van der Waals surface area contributed by atoms with Crippen LogP contribution in [0.2, 0.25) is 0 Å². The molecule has 0 radical (unpaired) electrons. The number of hydrogen-bond acceptors (Lipinski definition) is 5. The molecule has 3 aromatic heterocycles. The van der Waals surface area contributed by atoms with Crippen molar-refractivity contribution < 1.29 is 4.39 Å². The molecule has 0 spiro atoms. The molecular weight excluding hydrogens is 319 g/mol. The van der Waals surface area contributed by atoms with Gasteiger partial charge < -0.3 is 0 Å². The Morgan fingerprint density at radius 3 is 2.77 bits per heavy atom. The van der Waals surface area contributed by atoms with Gasteiger partial charge in [0.2, 0.25) is 4.96 Å². The van der Waals surface area contributed by atoms with E-state index in [1.54, 1.807) is 34.1 Å². The minimum atomic E-state index is -0.333. The molecule has 4 nitrogen and oxygen atoms in total. The monoisotopic (exact) mass is 328 g/mol. The standard InChI is InChI=1S/C15H9FN4S2/c16-12-6-2-1-5-11(12)14-17-18-15-20(14)19-13(22-15)8-7-10-4-3-9-21-10/h1-9H/b8-7+. The Labute approximate surface area is 133 Å². The van der Waals surface area contributed by atoms with Crippen molar-refractivity contribution in [3.8, 4) is 11.4 Å². The van der Waals surface area contributed by atoms with Crippen molar-refractivity contribution in [3.05, 3.63) is 57.5 Å². The second-order valence-electron chi connectivity index (χ2n) is 4.49. The summed E-state index contributed by atoms with van der Waals surface area (Å²) in [5, 5.41) is 15.4. The van der Waals surface area contributed by atoms with Gasteiger partial charge in [0.05, 0.1) is 5.56 Å². The predicted molar refractivity (Wildman–Crippen MR) is 87.3 cm³/mol. The van der Waals surface area contributed by atoms with E-state index >= 15 is 0 Å². The highest BCUT2D eigenvalue weighted by Crippen LogP contribution is 2.24. The summed E-state index contributed by atoms with van der Waals surface area (Å²) in [5.74, 6) is 0.0839. The molecule has 22 heavy (non-hydrogen) atoms. The molecular formula is C15H9FN4S2. The lowest BCUT2D eigenvalue weighted by molar-refractivity contribution is 0.629. The fourth-order valence-corrected chi connectivity index (χ4v) is 3.41. The van der Waals surface area contributed by atoms with Crippen molar-refractivity contribution in [2.75, 3.05) is 0 Å². The van der Waals surface area contributed by atoms with Crippen molar-refractivity contribution in [3.63, 3.8) is 0 Å². The van der Waals surface area contributed by atoms with Crippen LogP contribution in [0.3, 0.4) is 0 Å². The van der Waals surface area contributed by atoms with E-state index in [0.29, 0.717) is 16.3 Å². The lowest BCUT2D eigenvalue weighted by Gasteiger charge is -1.97. The Hall–Kier alpha value is -2.38. The van der Waals surface area contributed by atoms with E-state index < -0.39 is 0 Å². The molecule has 0 saturated carbocycles. The highest BCUT2D eigenvalue weighted by atomic mass is 32.1. The number of aromatic nitrogens is 4. The Morgan fingerprint density at radius 2 is 1.95 bits per heavy atom. The van der Waals surface area contributed by atoms with E-state index in [1.807, 2.05) is 29.7 Å². The Morgan fingerprint density at radius 1 is 1.05 bits per heavy atom. The van der Waals surface area contributed by atoms with Gasteiger partial charge in [-0.3, -0.25) is 0 Å². The fourth-order valence-electron chi connectivity index (χ4n) is 2.05. The van der Waals surface area contributed by atoms with Crippen LogP contribution in [0.15, 0.2) is 41.8 Å². The summed E-state index contributed by atoms with van der Waals surface area (Å²) in [6.07, 6.45) is 3.93. The first-order valence-corrected chi connectivity index (χ1v) is 8.19. The number of halogens is 1. The normalized spacial score (nSPS) is 11.7. The third-order valence-electron chi connectivity index (χ3n) is 3.05. The zero-order valence-corrected chi connectivity index (χ0v) is 12.8. The molecule has 7 heteroatoms. The van der Waals surface area contributed by atoms with Crippen LogP contribution in [0.25, 0.3) is 28.5 Å². The quantitative estimate of drug-likeness (QED) is 0.565. The number of fused-ring (bicyclic) bond motifs is 1. The first-order chi connectivity index (χ1) is 10.8. The smallest absolute Gasteiger partial charge is 0.206 e. The largest absolute Gasteiger partial charge is 0.235 e. The second-order valence-corrected chi connectivity index (χ2v) is 6.45. The average molecular weight is 328 g/mol. The highest BCUT2D eigenvalue weighted by molar-refractivity contribution is 7.17. The third-order valence-corrected chi connectivity index (χ3v) is 4.76. The SMILES string of the molecule is Fc1ccccc1-c1nnc2sc(/C=C/c3cccs3)nn12. The minimum absolute atomic E-state index is 0.333. The first kappa shape index (κ1) is 13.3. The molecule has 0 aliphatic carbocycles. The molecule has 0 unspecified atom stereocenters. The maximum absolute atomic E-state index is 13.9. The van der Waals surface area contributed by atoms with Gasteiger partial charge in [-0.1, -0.05) is 29.5 Å². The van der Waals surface area contributed by atoms with Crippen LogP contribution in [0.1, 0.15) is 9.88 Å². The Kier molecular flexibility index (Phi) is 3.28. The molecule has 0 aliphatic rings. The van der Waals surface area contributed by atoms with Gasteiger partial charge in [-0.25, -0.2) is 4.39 Å². The van der Waals surface area contributed by atoms with Crippen LogP contribution in [-0.2, 0) is 0 Å². The van der Waals surface area contributed by atoms with Crippen LogP contribution in [0, 0.1) is 5.82 Å². The summed E-state index contributed by atoms with van der Waals surface area (Å²) in [6, 6.07) is 10.5. The van der Waals surface area contributed by atoms with Gasteiger partial charge in [-0.2, -0.15) is 9.61 Å². The summed E-state index contributed by atoms with van der Waals surface area (Å²) in [4.78, 5) is 1.80. The average Bonchev–Trinajstić information content (AvgIpc) is 3.23. The van der Waals surface area contributed by atoms with Gasteiger partial charge in [-0.05, 0) is 35.7 Å². The third kappa shape index (κ3) is 2.34. The summed E-state index contributed by atoms with van der Waals surface area (Å²) in [6.45, 7) is 0. The summed E-state index contributed by atoms with van der Waals surface area (Å²) in [5.41, 5.74) is 0.397. The van der Waals surface area contributed by atoms with Crippen LogP contribution >= 0.6 is 22.7 Å². The Bertz CT molecular complexity index is 953. The molecule has 0 atom stereocenters. The first-order valence-electron chi connectivity index (χ1n) is 6.50. The molecule has 4 rings (SSSR count). The zero-order chi connectivity index (χ0) is 14.9. The molecule has 0 bridgehead atoms. The van der Waals surface area contributed by atoms with E-state index in [0.717, 1.165) is 9.88 Å². The van der Waals surface area contributed by atoms with E-state index in [4.69, 9.17) is 0 Å². The van der Waals surface area contributed by atoms with Crippen LogP contribution in [-0.4, -0.2) is 19.8 Å². The maximum Gasteiger partial charge on any atom is 0.235 e. The molecule has 0 N–H and O–H groups in total. The van der Waals surface area contributed by atoms with E-state index in [9.17, 15) is 4.39 Å². The zero-order valence-electron chi connectivity index (χ0n) is 11.2. The molecule has 0 saturated heterocycles. The lowest BCUT2D eigenvalue weighted by Crippen LogP contribution is -1.93.